The predicted molar refractivity (Wildman–Crippen MR) is 104 cm³/mol. The van der Waals surface area contributed by atoms with Crippen LogP contribution in [0.15, 0.2) is 51.8 Å². The molecule has 0 saturated carbocycles. The van der Waals surface area contributed by atoms with Crippen molar-refractivity contribution in [1.82, 2.24) is 10.0 Å². The molecular weight excluding hydrogens is 372 g/mol. The fourth-order valence-corrected chi connectivity index (χ4v) is 4.13. The summed E-state index contributed by atoms with van der Waals surface area (Å²) in [5, 5.41) is 2.82. The van der Waals surface area contributed by atoms with Gasteiger partial charge in [0.1, 0.15) is 17.6 Å². The zero-order chi connectivity index (χ0) is 19.2. The number of nitrogens with one attached hydrogen (secondary N) is 2. The van der Waals surface area contributed by atoms with Crippen LogP contribution in [0.2, 0.25) is 0 Å². The molecule has 2 atom stereocenters. The lowest BCUT2D eigenvalue weighted by Crippen LogP contribution is -2.47. The van der Waals surface area contributed by atoms with Gasteiger partial charge in [0.25, 0.3) is 0 Å². The number of aryl methyl sites for hydroxylation is 1. The molecule has 2 aromatic rings. The number of hydrogen-bond donors (Lipinski definition) is 2. The molecule has 2 N–H and O–H groups in total. The molecule has 142 valence electrons. The van der Waals surface area contributed by atoms with E-state index in [1.165, 1.54) is 12.1 Å². The minimum atomic E-state index is -3.77. The van der Waals surface area contributed by atoms with Crippen LogP contribution < -0.4 is 10.0 Å². The highest BCUT2D eigenvalue weighted by molar-refractivity contribution is 7.98. The van der Waals surface area contributed by atoms with Crippen LogP contribution >= 0.6 is 11.8 Å². The maximum Gasteiger partial charge on any atom is 0.241 e. The van der Waals surface area contributed by atoms with Gasteiger partial charge in [0.05, 0.1) is 10.9 Å². The maximum atomic E-state index is 12.7. The Hall–Kier alpha value is -1.77. The highest BCUT2D eigenvalue weighted by atomic mass is 32.2. The average molecular weight is 397 g/mol. The fourth-order valence-electron chi connectivity index (χ4n) is 2.41. The minimum absolute atomic E-state index is 0.136. The number of benzene rings is 1. The smallest absolute Gasteiger partial charge is 0.241 e. The van der Waals surface area contributed by atoms with E-state index < -0.39 is 16.1 Å². The van der Waals surface area contributed by atoms with Crippen molar-refractivity contribution in [2.45, 2.75) is 37.2 Å². The standard InChI is InChI=1S/C18H24N2O4S2/c1-13-9-10-17(24-13)14(2)19-18(21)16(11-12-25-3)20-26(22,23)15-7-5-4-6-8-15/h4-10,14,16,20H,11-12H2,1-3H3,(H,19,21)/t14-,16+/m1/s1. The lowest BCUT2D eigenvalue weighted by Gasteiger charge is -2.20. The lowest BCUT2D eigenvalue weighted by molar-refractivity contribution is -0.123. The van der Waals surface area contributed by atoms with Gasteiger partial charge >= 0.3 is 0 Å². The molecule has 1 aromatic carbocycles. The summed E-state index contributed by atoms with van der Waals surface area (Å²) in [7, 11) is -3.77. The molecule has 0 aliphatic carbocycles. The van der Waals surface area contributed by atoms with Crippen LogP contribution in [0, 0.1) is 6.92 Å². The summed E-state index contributed by atoms with van der Waals surface area (Å²) in [4.78, 5) is 12.8. The molecule has 0 saturated heterocycles. The van der Waals surface area contributed by atoms with E-state index in [1.54, 1.807) is 43.0 Å². The van der Waals surface area contributed by atoms with Crippen LogP contribution in [0.4, 0.5) is 0 Å². The third-order valence-corrected chi connectivity index (χ3v) is 5.96. The lowest BCUT2D eigenvalue weighted by atomic mass is 10.2. The van der Waals surface area contributed by atoms with E-state index in [4.69, 9.17) is 4.42 Å². The zero-order valence-corrected chi connectivity index (χ0v) is 16.7. The van der Waals surface area contributed by atoms with Crippen LogP contribution in [0.1, 0.15) is 30.9 Å². The van der Waals surface area contributed by atoms with Crippen molar-refractivity contribution in [3.05, 3.63) is 54.0 Å². The van der Waals surface area contributed by atoms with Crippen molar-refractivity contribution in [2.24, 2.45) is 0 Å². The molecule has 1 heterocycles. The average Bonchev–Trinajstić information content (AvgIpc) is 3.05. The fraction of sp³-hybridized carbons (Fsp3) is 0.389. The highest BCUT2D eigenvalue weighted by Crippen LogP contribution is 2.17. The predicted octanol–water partition coefficient (Wildman–Crippen LogP) is 2.87. The number of thioether (sulfide) groups is 1. The topological polar surface area (TPSA) is 88.4 Å². The zero-order valence-electron chi connectivity index (χ0n) is 15.1. The molecule has 8 heteroatoms. The van der Waals surface area contributed by atoms with Gasteiger partial charge in [-0.05, 0) is 56.5 Å². The largest absolute Gasteiger partial charge is 0.464 e. The first kappa shape index (κ1) is 20.5. The van der Waals surface area contributed by atoms with E-state index in [-0.39, 0.29) is 16.8 Å². The van der Waals surface area contributed by atoms with Gasteiger partial charge in [-0.2, -0.15) is 16.5 Å². The summed E-state index contributed by atoms with van der Waals surface area (Å²) in [6, 6.07) is 10.4. The van der Waals surface area contributed by atoms with Gasteiger partial charge in [0, 0.05) is 0 Å². The number of hydrogen-bond acceptors (Lipinski definition) is 5. The normalized spacial score (nSPS) is 14.0. The SMILES string of the molecule is CSCC[C@H](NS(=O)(=O)c1ccccc1)C(=O)N[C@H](C)c1ccc(C)o1. The second-order valence-corrected chi connectivity index (χ2v) is 8.65. The molecule has 1 amide bonds. The Morgan fingerprint density at radius 3 is 2.46 bits per heavy atom. The molecular formula is C18H24N2O4S2. The first-order chi connectivity index (χ1) is 12.3. The van der Waals surface area contributed by atoms with Gasteiger partial charge in [-0.1, -0.05) is 18.2 Å². The van der Waals surface area contributed by atoms with Crippen molar-refractivity contribution < 1.29 is 17.6 Å². The molecule has 0 aliphatic heterocycles. The molecule has 0 spiro atoms. The molecule has 26 heavy (non-hydrogen) atoms. The van der Waals surface area contributed by atoms with Crippen molar-refractivity contribution >= 4 is 27.7 Å². The van der Waals surface area contributed by atoms with E-state index in [2.05, 4.69) is 10.0 Å². The van der Waals surface area contributed by atoms with Gasteiger partial charge in [-0.3, -0.25) is 4.79 Å². The number of carbonyl (C=O) groups excluding carboxylic acids is 1. The summed E-state index contributed by atoms with van der Waals surface area (Å²) in [5.41, 5.74) is 0. The molecule has 0 bridgehead atoms. The molecule has 0 radical (unpaired) electrons. The van der Waals surface area contributed by atoms with Crippen LogP contribution in [0.3, 0.4) is 0 Å². The number of furan rings is 1. The van der Waals surface area contributed by atoms with E-state index >= 15 is 0 Å². The molecule has 6 nitrogen and oxygen atoms in total. The first-order valence-corrected chi connectivity index (χ1v) is 11.1. The van der Waals surface area contributed by atoms with E-state index in [0.29, 0.717) is 17.9 Å². The third-order valence-electron chi connectivity index (χ3n) is 3.82. The highest BCUT2D eigenvalue weighted by Gasteiger charge is 2.27. The van der Waals surface area contributed by atoms with Gasteiger partial charge in [0.15, 0.2) is 0 Å². The van der Waals surface area contributed by atoms with Crippen molar-refractivity contribution in [3.8, 4) is 0 Å². The van der Waals surface area contributed by atoms with Gasteiger partial charge < -0.3 is 9.73 Å². The summed E-state index contributed by atoms with van der Waals surface area (Å²) in [6.07, 6.45) is 2.30. The molecule has 0 unspecified atom stereocenters. The summed E-state index contributed by atoms with van der Waals surface area (Å²) < 4.78 is 33.1. The molecule has 1 aromatic heterocycles. The molecule has 2 rings (SSSR count). The monoisotopic (exact) mass is 396 g/mol. The van der Waals surface area contributed by atoms with Crippen molar-refractivity contribution in [1.29, 1.82) is 0 Å². The quantitative estimate of drug-likeness (QED) is 0.680. The second kappa shape index (κ2) is 9.25. The van der Waals surface area contributed by atoms with Crippen molar-refractivity contribution in [2.75, 3.05) is 12.0 Å². The number of rotatable bonds is 9. The summed E-state index contributed by atoms with van der Waals surface area (Å²) in [6.45, 7) is 3.63. The molecule has 0 fully saturated rings. The summed E-state index contributed by atoms with van der Waals surface area (Å²) in [5.74, 6) is 1.67. The summed E-state index contributed by atoms with van der Waals surface area (Å²) >= 11 is 1.55. The van der Waals surface area contributed by atoms with Gasteiger partial charge in [0.2, 0.25) is 15.9 Å². The Morgan fingerprint density at radius 1 is 1.19 bits per heavy atom. The Balaban J connectivity index is 2.11. The maximum absolute atomic E-state index is 12.7. The van der Waals surface area contributed by atoms with Crippen LogP contribution in [0.5, 0.6) is 0 Å². The van der Waals surface area contributed by atoms with E-state index in [1.807, 2.05) is 19.2 Å². The van der Waals surface area contributed by atoms with Crippen molar-refractivity contribution in [3.63, 3.8) is 0 Å². The number of carbonyl (C=O) groups is 1. The Morgan fingerprint density at radius 2 is 1.88 bits per heavy atom. The number of sulfonamides is 1. The van der Waals surface area contributed by atoms with Gasteiger partial charge in [-0.25, -0.2) is 8.42 Å². The third kappa shape index (κ3) is 5.62. The van der Waals surface area contributed by atoms with E-state index in [0.717, 1.165) is 5.76 Å². The van der Waals surface area contributed by atoms with Crippen LogP contribution in [-0.2, 0) is 14.8 Å². The van der Waals surface area contributed by atoms with Crippen LogP contribution in [0.25, 0.3) is 0 Å². The Bertz CT molecular complexity index is 819. The minimum Gasteiger partial charge on any atom is -0.464 e. The van der Waals surface area contributed by atoms with Crippen LogP contribution in [-0.4, -0.2) is 32.4 Å². The Labute approximate surface area is 158 Å². The van der Waals surface area contributed by atoms with E-state index in [9.17, 15) is 13.2 Å². The first-order valence-electron chi connectivity index (χ1n) is 8.26. The second-order valence-electron chi connectivity index (χ2n) is 5.95. The number of amides is 1. The Kier molecular flexibility index (Phi) is 7.31. The molecule has 0 aliphatic rings. The van der Waals surface area contributed by atoms with Gasteiger partial charge in [-0.15, -0.1) is 0 Å².